The van der Waals surface area contributed by atoms with E-state index in [1.165, 1.54) is 0 Å². The third-order valence-electron chi connectivity index (χ3n) is 2.97. The molecule has 0 radical (unpaired) electrons. The number of rotatable bonds is 5. The Labute approximate surface area is 118 Å². The van der Waals surface area contributed by atoms with E-state index in [4.69, 9.17) is 4.74 Å². The largest absolute Gasteiger partial charge is 0.494 e. The fourth-order valence-corrected chi connectivity index (χ4v) is 1.82. The van der Waals surface area contributed by atoms with Gasteiger partial charge >= 0.3 is 0 Å². The molecule has 0 atom stereocenters. The van der Waals surface area contributed by atoms with Gasteiger partial charge in [0.05, 0.1) is 7.11 Å². The topological polar surface area (TPSA) is 38.7 Å². The van der Waals surface area contributed by atoms with Crippen LogP contribution in [0.2, 0.25) is 0 Å². The van der Waals surface area contributed by atoms with Crippen molar-refractivity contribution in [2.75, 3.05) is 7.11 Å². The fourth-order valence-electron chi connectivity index (χ4n) is 1.82. The molecule has 2 aromatic rings. The highest BCUT2D eigenvalue weighted by atomic mass is 16.5. The Balaban J connectivity index is 2.02. The van der Waals surface area contributed by atoms with E-state index in [1.807, 2.05) is 55.5 Å². The van der Waals surface area contributed by atoms with E-state index in [1.54, 1.807) is 13.3 Å². The van der Waals surface area contributed by atoms with Gasteiger partial charge in [0.2, 0.25) is 0 Å². The molecule has 0 amide bonds. The minimum atomic E-state index is 0.0589. The standard InChI is InChI=1S/C17H17NO2/c1-13-7-9-14(10-8-13)16(19)11-12-18-15-5-3-4-6-17(15)20-2/h3-10,12H,11H2,1-2H3. The van der Waals surface area contributed by atoms with Crippen LogP contribution < -0.4 is 4.74 Å². The molecule has 0 unspecified atom stereocenters. The highest BCUT2D eigenvalue weighted by Crippen LogP contribution is 2.25. The van der Waals surface area contributed by atoms with Crippen LogP contribution in [0.3, 0.4) is 0 Å². The lowest BCUT2D eigenvalue weighted by Crippen LogP contribution is -1.99. The quantitative estimate of drug-likeness (QED) is 0.607. The van der Waals surface area contributed by atoms with Crippen LogP contribution >= 0.6 is 0 Å². The minimum absolute atomic E-state index is 0.0589. The number of carbonyl (C=O) groups excluding carboxylic acids is 1. The number of methoxy groups -OCH3 is 1. The van der Waals surface area contributed by atoms with E-state index in [-0.39, 0.29) is 12.2 Å². The molecule has 0 aliphatic rings. The molecule has 0 heterocycles. The van der Waals surface area contributed by atoms with Crippen molar-refractivity contribution in [1.82, 2.24) is 0 Å². The van der Waals surface area contributed by atoms with E-state index in [9.17, 15) is 4.79 Å². The lowest BCUT2D eigenvalue weighted by Gasteiger charge is -2.02. The molecule has 0 N–H and O–H groups in total. The third kappa shape index (κ3) is 3.54. The molecule has 0 aliphatic heterocycles. The summed E-state index contributed by atoms with van der Waals surface area (Å²) in [6.45, 7) is 2.00. The predicted molar refractivity (Wildman–Crippen MR) is 81.3 cm³/mol. The summed E-state index contributed by atoms with van der Waals surface area (Å²) in [5, 5.41) is 0. The SMILES string of the molecule is COc1ccccc1N=CCC(=O)c1ccc(C)cc1. The summed E-state index contributed by atoms with van der Waals surface area (Å²) in [5.41, 5.74) is 2.58. The molecule has 0 saturated carbocycles. The van der Waals surface area contributed by atoms with Gasteiger partial charge in [0.25, 0.3) is 0 Å². The molecule has 0 bridgehead atoms. The predicted octanol–water partition coefficient (Wildman–Crippen LogP) is 3.98. The van der Waals surface area contributed by atoms with E-state index < -0.39 is 0 Å². The number of aryl methyl sites for hydroxylation is 1. The van der Waals surface area contributed by atoms with Crippen LogP contribution in [0.5, 0.6) is 5.75 Å². The lowest BCUT2D eigenvalue weighted by molar-refractivity contribution is 0.100. The number of ether oxygens (including phenoxy) is 1. The molecular formula is C17H17NO2. The summed E-state index contributed by atoms with van der Waals surface area (Å²) in [4.78, 5) is 16.3. The Morgan fingerprint density at radius 3 is 2.55 bits per heavy atom. The van der Waals surface area contributed by atoms with E-state index in [2.05, 4.69) is 4.99 Å². The number of hydrogen-bond donors (Lipinski definition) is 0. The van der Waals surface area contributed by atoms with Crippen molar-refractivity contribution in [3.8, 4) is 5.75 Å². The van der Waals surface area contributed by atoms with Crippen LogP contribution in [-0.2, 0) is 0 Å². The van der Waals surface area contributed by atoms with Gasteiger partial charge in [-0.2, -0.15) is 0 Å². The Bertz CT molecular complexity index is 615. The summed E-state index contributed by atoms with van der Waals surface area (Å²) in [6, 6.07) is 15.0. The first kappa shape index (κ1) is 14.0. The highest BCUT2D eigenvalue weighted by Gasteiger charge is 2.04. The monoisotopic (exact) mass is 267 g/mol. The van der Waals surface area contributed by atoms with Gasteiger partial charge in [-0.3, -0.25) is 9.79 Å². The molecule has 3 nitrogen and oxygen atoms in total. The number of carbonyl (C=O) groups is 1. The summed E-state index contributed by atoms with van der Waals surface area (Å²) in [5.74, 6) is 0.759. The molecule has 2 rings (SSSR count). The first-order valence-electron chi connectivity index (χ1n) is 6.46. The van der Waals surface area contributed by atoms with Gasteiger partial charge in [-0.25, -0.2) is 0 Å². The summed E-state index contributed by atoms with van der Waals surface area (Å²) in [7, 11) is 1.60. The number of hydrogen-bond acceptors (Lipinski definition) is 3. The molecule has 102 valence electrons. The van der Waals surface area contributed by atoms with Crippen molar-refractivity contribution >= 4 is 17.7 Å². The Hall–Kier alpha value is -2.42. The molecule has 3 heteroatoms. The zero-order valence-electron chi connectivity index (χ0n) is 11.7. The number of benzene rings is 2. The highest BCUT2D eigenvalue weighted by molar-refractivity contribution is 6.03. The second-order valence-electron chi connectivity index (χ2n) is 4.48. The summed E-state index contributed by atoms with van der Waals surface area (Å²) < 4.78 is 5.20. The average molecular weight is 267 g/mol. The molecule has 0 saturated heterocycles. The second-order valence-corrected chi connectivity index (χ2v) is 4.48. The van der Waals surface area contributed by atoms with Gasteiger partial charge in [-0.1, -0.05) is 42.0 Å². The zero-order valence-corrected chi connectivity index (χ0v) is 11.7. The molecule has 0 aromatic heterocycles. The average Bonchev–Trinajstić information content (AvgIpc) is 2.48. The summed E-state index contributed by atoms with van der Waals surface area (Å²) >= 11 is 0. The molecule has 0 fully saturated rings. The van der Waals surface area contributed by atoms with Crippen molar-refractivity contribution in [3.63, 3.8) is 0 Å². The lowest BCUT2D eigenvalue weighted by atomic mass is 10.1. The first-order valence-corrected chi connectivity index (χ1v) is 6.46. The number of aliphatic imine (C=N–C) groups is 1. The smallest absolute Gasteiger partial charge is 0.168 e. The van der Waals surface area contributed by atoms with Crippen molar-refractivity contribution < 1.29 is 9.53 Å². The van der Waals surface area contributed by atoms with Crippen LogP contribution in [-0.4, -0.2) is 19.1 Å². The molecular weight excluding hydrogens is 250 g/mol. The molecule has 20 heavy (non-hydrogen) atoms. The van der Waals surface area contributed by atoms with Crippen LogP contribution in [0, 0.1) is 6.92 Å². The van der Waals surface area contributed by atoms with Gasteiger partial charge in [0.1, 0.15) is 11.4 Å². The van der Waals surface area contributed by atoms with Gasteiger partial charge < -0.3 is 4.74 Å². The van der Waals surface area contributed by atoms with Crippen molar-refractivity contribution in [2.45, 2.75) is 13.3 Å². The van der Waals surface area contributed by atoms with Crippen molar-refractivity contribution in [2.24, 2.45) is 4.99 Å². The van der Waals surface area contributed by atoms with Crippen LogP contribution in [0.1, 0.15) is 22.3 Å². The maximum atomic E-state index is 12.0. The van der Waals surface area contributed by atoms with E-state index in [0.29, 0.717) is 11.3 Å². The van der Waals surface area contributed by atoms with Crippen LogP contribution in [0.15, 0.2) is 53.5 Å². The van der Waals surface area contributed by atoms with Crippen molar-refractivity contribution in [3.05, 3.63) is 59.7 Å². The fraction of sp³-hybridized carbons (Fsp3) is 0.176. The van der Waals surface area contributed by atoms with Crippen molar-refractivity contribution in [1.29, 1.82) is 0 Å². The number of Topliss-reactive ketones (excluding diaryl/α,β-unsaturated/α-hetero) is 1. The first-order chi connectivity index (χ1) is 9.70. The summed E-state index contributed by atoms with van der Waals surface area (Å²) in [6.07, 6.45) is 1.90. The van der Waals surface area contributed by atoms with Gasteiger partial charge in [0.15, 0.2) is 5.78 Å². The van der Waals surface area contributed by atoms with Gasteiger partial charge in [0, 0.05) is 18.2 Å². The van der Waals surface area contributed by atoms with E-state index >= 15 is 0 Å². The Morgan fingerprint density at radius 2 is 1.85 bits per heavy atom. The maximum Gasteiger partial charge on any atom is 0.168 e. The van der Waals surface area contributed by atoms with Crippen LogP contribution in [0.25, 0.3) is 0 Å². The normalized spacial score (nSPS) is 10.7. The molecule has 0 aliphatic carbocycles. The van der Waals surface area contributed by atoms with Crippen LogP contribution in [0.4, 0.5) is 5.69 Å². The Kier molecular flexibility index (Phi) is 4.66. The second kappa shape index (κ2) is 6.66. The number of nitrogens with zero attached hydrogens (tertiary/aromatic N) is 1. The zero-order chi connectivity index (χ0) is 14.4. The van der Waals surface area contributed by atoms with Gasteiger partial charge in [-0.05, 0) is 19.1 Å². The number of ketones is 1. The Morgan fingerprint density at radius 1 is 1.15 bits per heavy atom. The van der Waals surface area contributed by atoms with E-state index in [0.717, 1.165) is 11.3 Å². The molecule has 0 spiro atoms. The van der Waals surface area contributed by atoms with Gasteiger partial charge in [-0.15, -0.1) is 0 Å². The molecule has 2 aromatic carbocycles. The maximum absolute atomic E-state index is 12.0. The third-order valence-corrected chi connectivity index (χ3v) is 2.97. The number of para-hydroxylation sites is 2. The minimum Gasteiger partial charge on any atom is -0.494 e.